The van der Waals surface area contributed by atoms with E-state index < -0.39 is 0 Å². The van der Waals surface area contributed by atoms with Gasteiger partial charge >= 0.3 is 0 Å². The van der Waals surface area contributed by atoms with Crippen LogP contribution in [0.3, 0.4) is 0 Å². The number of hydrogen-bond acceptors (Lipinski definition) is 4. The van der Waals surface area contributed by atoms with Gasteiger partial charge in [-0.05, 0) is 6.42 Å². The Kier molecular flexibility index (Phi) is 4.99. The highest BCUT2D eigenvalue weighted by Gasteiger charge is 2.11. The zero-order chi connectivity index (χ0) is 12.7. The predicted molar refractivity (Wildman–Crippen MR) is 63.3 cm³/mol. The Bertz CT molecular complexity index is 388. The number of nitrogens with two attached hydrogens (primary N) is 1. The van der Waals surface area contributed by atoms with Crippen molar-refractivity contribution in [3.05, 3.63) is 11.9 Å². The van der Waals surface area contributed by atoms with Crippen LogP contribution in [0.25, 0.3) is 0 Å². The smallest absolute Gasteiger partial charge is 0.271 e. The van der Waals surface area contributed by atoms with E-state index in [2.05, 4.69) is 20.8 Å². The quantitative estimate of drug-likeness (QED) is 0.542. The zero-order valence-electron chi connectivity index (χ0n) is 9.75. The van der Waals surface area contributed by atoms with Crippen LogP contribution in [0.15, 0.2) is 6.20 Å². The number of carbonyl (C=O) groups is 2. The number of anilines is 1. The van der Waals surface area contributed by atoms with Crippen LogP contribution >= 0.6 is 0 Å². The SMILES string of the molecule is CCCNC(=O)CCNC(=O)c1[nH]ncc1N. The van der Waals surface area contributed by atoms with Crippen LogP contribution in [-0.2, 0) is 4.79 Å². The maximum Gasteiger partial charge on any atom is 0.271 e. The van der Waals surface area contributed by atoms with Crippen molar-refractivity contribution in [3.8, 4) is 0 Å². The molecule has 0 saturated heterocycles. The molecule has 7 nitrogen and oxygen atoms in total. The van der Waals surface area contributed by atoms with Crippen LogP contribution in [0.1, 0.15) is 30.3 Å². The number of H-pyrrole nitrogens is 1. The number of nitrogen functional groups attached to an aromatic ring is 1. The number of aromatic nitrogens is 2. The molecule has 0 saturated carbocycles. The molecule has 0 atom stereocenters. The minimum absolute atomic E-state index is 0.0790. The van der Waals surface area contributed by atoms with Gasteiger partial charge in [0.25, 0.3) is 5.91 Å². The summed E-state index contributed by atoms with van der Waals surface area (Å²) in [7, 11) is 0. The molecule has 0 aliphatic carbocycles. The third-order valence-electron chi connectivity index (χ3n) is 2.11. The second kappa shape index (κ2) is 6.51. The van der Waals surface area contributed by atoms with Crippen LogP contribution < -0.4 is 16.4 Å². The molecular formula is C10H17N5O2. The summed E-state index contributed by atoms with van der Waals surface area (Å²) in [4.78, 5) is 22.8. The fourth-order valence-corrected chi connectivity index (χ4v) is 1.21. The normalized spacial score (nSPS) is 9.94. The van der Waals surface area contributed by atoms with Crippen molar-refractivity contribution in [3.63, 3.8) is 0 Å². The molecule has 0 radical (unpaired) electrons. The molecule has 0 spiro atoms. The summed E-state index contributed by atoms with van der Waals surface area (Å²) in [5.74, 6) is -0.437. The molecule has 0 unspecified atom stereocenters. The van der Waals surface area contributed by atoms with Crippen LogP contribution in [0.5, 0.6) is 0 Å². The highest BCUT2D eigenvalue weighted by molar-refractivity contribution is 5.97. The third-order valence-corrected chi connectivity index (χ3v) is 2.11. The molecule has 0 aliphatic rings. The van der Waals surface area contributed by atoms with Gasteiger partial charge in [-0.15, -0.1) is 0 Å². The van der Waals surface area contributed by atoms with Gasteiger partial charge in [0.15, 0.2) is 0 Å². The van der Waals surface area contributed by atoms with E-state index in [0.29, 0.717) is 6.54 Å². The molecule has 7 heteroatoms. The van der Waals surface area contributed by atoms with Crippen LogP contribution in [0.4, 0.5) is 5.69 Å². The van der Waals surface area contributed by atoms with E-state index in [1.165, 1.54) is 6.20 Å². The fraction of sp³-hybridized carbons (Fsp3) is 0.500. The largest absolute Gasteiger partial charge is 0.396 e. The van der Waals surface area contributed by atoms with Gasteiger partial charge in [0, 0.05) is 19.5 Å². The van der Waals surface area contributed by atoms with Gasteiger partial charge in [-0.25, -0.2) is 0 Å². The summed E-state index contributed by atoms with van der Waals surface area (Å²) in [5, 5.41) is 11.4. The standard InChI is InChI=1S/C10H17N5O2/c1-2-4-12-8(16)3-5-13-10(17)9-7(11)6-14-15-9/h6H,2-5,11H2,1H3,(H,12,16)(H,13,17)(H,14,15). The Morgan fingerprint density at radius 3 is 2.76 bits per heavy atom. The van der Waals surface area contributed by atoms with Crippen molar-refractivity contribution in [1.82, 2.24) is 20.8 Å². The van der Waals surface area contributed by atoms with E-state index in [1.54, 1.807) is 0 Å². The third kappa shape index (κ3) is 4.13. The molecule has 17 heavy (non-hydrogen) atoms. The van der Waals surface area contributed by atoms with Crippen molar-refractivity contribution >= 4 is 17.5 Å². The molecule has 1 aromatic heterocycles. The number of hydrogen-bond donors (Lipinski definition) is 4. The molecule has 1 heterocycles. The Labute approximate surface area is 99.1 Å². The van der Waals surface area contributed by atoms with Gasteiger partial charge in [-0.2, -0.15) is 5.10 Å². The summed E-state index contributed by atoms with van der Waals surface area (Å²) in [6, 6.07) is 0. The molecule has 0 bridgehead atoms. The van der Waals surface area contributed by atoms with E-state index in [4.69, 9.17) is 5.73 Å². The lowest BCUT2D eigenvalue weighted by atomic mass is 10.3. The number of carbonyl (C=O) groups excluding carboxylic acids is 2. The van der Waals surface area contributed by atoms with Crippen LogP contribution in [0, 0.1) is 0 Å². The van der Waals surface area contributed by atoms with E-state index in [-0.39, 0.29) is 36.2 Å². The lowest BCUT2D eigenvalue weighted by molar-refractivity contribution is -0.120. The first kappa shape index (κ1) is 13.0. The molecular weight excluding hydrogens is 222 g/mol. The topological polar surface area (TPSA) is 113 Å². The molecule has 1 aromatic rings. The van der Waals surface area contributed by atoms with E-state index >= 15 is 0 Å². The summed E-state index contributed by atoms with van der Waals surface area (Å²) in [5.41, 5.74) is 6.02. The molecule has 1 rings (SSSR count). The molecule has 0 aromatic carbocycles. The average Bonchev–Trinajstić information content (AvgIpc) is 2.72. The zero-order valence-corrected chi connectivity index (χ0v) is 9.75. The predicted octanol–water partition coefficient (Wildman–Crippen LogP) is -0.362. The number of aromatic amines is 1. The molecule has 5 N–H and O–H groups in total. The van der Waals surface area contributed by atoms with Gasteiger partial charge < -0.3 is 16.4 Å². The minimum Gasteiger partial charge on any atom is -0.396 e. The van der Waals surface area contributed by atoms with Gasteiger partial charge in [0.05, 0.1) is 11.9 Å². The number of nitrogens with one attached hydrogen (secondary N) is 3. The van der Waals surface area contributed by atoms with Crippen molar-refractivity contribution in [2.45, 2.75) is 19.8 Å². The first-order valence-electron chi connectivity index (χ1n) is 5.49. The molecule has 94 valence electrons. The monoisotopic (exact) mass is 239 g/mol. The lowest BCUT2D eigenvalue weighted by Crippen LogP contribution is -2.31. The van der Waals surface area contributed by atoms with E-state index in [0.717, 1.165) is 6.42 Å². The van der Waals surface area contributed by atoms with Gasteiger partial charge in [-0.1, -0.05) is 6.92 Å². The first-order valence-corrected chi connectivity index (χ1v) is 5.49. The fourth-order valence-electron chi connectivity index (χ4n) is 1.21. The average molecular weight is 239 g/mol. The van der Waals surface area contributed by atoms with E-state index in [9.17, 15) is 9.59 Å². The van der Waals surface area contributed by atoms with Gasteiger partial charge in [0.2, 0.25) is 5.91 Å². The summed E-state index contributed by atoms with van der Waals surface area (Å²) < 4.78 is 0. The number of rotatable bonds is 6. The van der Waals surface area contributed by atoms with Crippen molar-refractivity contribution < 1.29 is 9.59 Å². The Balaban J connectivity index is 2.25. The van der Waals surface area contributed by atoms with Crippen molar-refractivity contribution in [2.24, 2.45) is 0 Å². The maximum absolute atomic E-state index is 11.5. The van der Waals surface area contributed by atoms with Crippen molar-refractivity contribution in [2.75, 3.05) is 18.8 Å². The Hall–Kier alpha value is -2.05. The van der Waals surface area contributed by atoms with Crippen LogP contribution in [-0.4, -0.2) is 35.1 Å². The minimum atomic E-state index is -0.358. The van der Waals surface area contributed by atoms with Crippen LogP contribution in [0.2, 0.25) is 0 Å². The van der Waals surface area contributed by atoms with E-state index in [1.807, 2.05) is 6.92 Å². The summed E-state index contributed by atoms with van der Waals surface area (Å²) in [6.45, 7) is 2.90. The van der Waals surface area contributed by atoms with Gasteiger partial charge in [0.1, 0.15) is 5.69 Å². The Morgan fingerprint density at radius 1 is 1.41 bits per heavy atom. The molecule has 2 amide bonds. The van der Waals surface area contributed by atoms with Crippen molar-refractivity contribution in [1.29, 1.82) is 0 Å². The number of amides is 2. The number of nitrogens with zero attached hydrogens (tertiary/aromatic N) is 1. The molecule has 0 fully saturated rings. The summed E-state index contributed by atoms with van der Waals surface area (Å²) in [6.07, 6.45) is 2.51. The highest BCUT2D eigenvalue weighted by Crippen LogP contribution is 2.04. The second-order valence-corrected chi connectivity index (χ2v) is 3.56. The van der Waals surface area contributed by atoms with Gasteiger partial charge in [-0.3, -0.25) is 14.7 Å². The maximum atomic E-state index is 11.5. The highest BCUT2D eigenvalue weighted by atomic mass is 16.2. The molecule has 0 aliphatic heterocycles. The second-order valence-electron chi connectivity index (χ2n) is 3.56. The first-order chi connectivity index (χ1) is 8.15. The lowest BCUT2D eigenvalue weighted by Gasteiger charge is -2.05. The summed E-state index contributed by atoms with van der Waals surface area (Å²) >= 11 is 0. The Morgan fingerprint density at radius 2 is 2.18 bits per heavy atom.